The summed E-state index contributed by atoms with van der Waals surface area (Å²) in [6.45, 7) is 9.82. The van der Waals surface area contributed by atoms with Gasteiger partial charge in [-0.3, -0.25) is 0 Å². The molecule has 5 heteroatoms. The second-order valence-corrected chi connectivity index (χ2v) is 7.35. The van der Waals surface area contributed by atoms with Crippen molar-refractivity contribution in [1.82, 2.24) is 9.97 Å². The van der Waals surface area contributed by atoms with Crippen molar-refractivity contribution in [1.29, 1.82) is 0 Å². The van der Waals surface area contributed by atoms with Gasteiger partial charge in [-0.25, -0.2) is 9.97 Å². The van der Waals surface area contributed by atoms with Crippen molar-refractivity contribution in [3.8, 4) is 22.4 Å². The number of anilines is 1. The zero-order valence-corrected chi connectivity index (χ0v) is 16.3. The highest BCUT2D eigenvalue weighted by molar-refractivity contribution is 5.81. The fraction of sp³-hybridized carbons (Fsp3) is 0.364. The summed E-state index contributed by atoms with van der Waals surface area (Å²) in [5, 5.41) is 0. The minimum Gasteiger partial charge on any atom is -0.469 e. The summed E-state index contributed by atoms with van der Waals surface area (Å²) in [5.74, 6) is 1.60. The Hall–Kier alpha value is -2.66. The van der Waals surface area contributed by atoms with Crippen LogP contribution in [0.25, 0.3) is 22.4 Å². The van der Waals surface area contributed by atoms with Crippen LogP contribution in [0.2, 0.25) is 0 Å². The lowest BCUT2D eigenvalue weighted by atomic mass is 10.00. The first-order chi connectivity index (χ1) is 13.0. The maximum atomic E-state index is 5.85. The molecule has 1 aromatic carbocycles. The van der Waals surface area contributed by atoms with Gasteiger partial charge in [-0.15, -0.1) is 0 Å². The summed E-state index contributed by atoms with van der Waals surface area (Å²) in [4.78, 5) is 11.9. The average Bonchev–Trinajstić information content (AvgIpc) is 3.06. The smallest absolute Gasteiger partial charge is 0.226 e. The molecule has 0 aliphatic carbocycles. The monoisotopic (exact) mass is 363 g/mol. The van der Waals surface area contributed by atoms with Crippen LogP contribution in [0.1, 0.15) is 25.2 Å². The molecule has 1 aliphatic rings. The minimum atomic E-state index is 0.160. The van der Waals surface area contributed by atoms with Gasteiger partial charge < -0.3 is 14.1 Å². The van der Waals surface area contributed by atoms with Crippen molar-refractivity contribution in [3.05, 3.63) is 54.1 Å². The Morgan fingerprint density at radius 1 is 1.04 bits per heavy atom. The molecule has 1 fully saturated rings. The maximum absolute atomic E-state index is 5.85. The Kier molecular flexibility index (Phi) is 4.70. The number of hydrogen-bond acceptors (Lipinski definition) is 5. The van der Waals surface area contributed by atoms with E-state index in [4.69, 9.17) is 19.1 Å². The van der Waals surface area contributed by atoms with Crippen LogP contribution in [0, 0.1) is 13.8 Å². The second-order valence-electron chi connectivity index (χ2n) is 7.35. The van der Waals surface area contributed by atoms with Gasteiger partial charge in [0.05, 0.1) is 24.2 Å². The average molecular weight is 363 g/mol. The number of hydrogen-bond donors (Lipinski definition) is 0. The number of furan rings is 1. The van der Waals surface area contributed by atoms with E-state index in [1.807, 2.05) is 19.2 Å². The Morgan fingerprint density at radius 3 is 2.48 bits per heavy atom. The molecule has 5 nitrogen and oxygen atoms in total. The summed E-state index contributed by atoms with van der Waals surface area (Å²) >= 11 is 0. The number of aryl methyl sites for hydroxylation is 2. The summed E-state index contributed by atoms with van der Waals surface area (Å²) in [6.07, 6.45) is 3.97. The van der Waals surface area contributed by atoms with Crippen LogP contribution in [-0.2, 0) is 4.74 Å². The molecule has 3 heterocycles. The van der Waals surface area contributed by atoms with Crippen LogP contribution in [0.3, 0.4) is 0 Å². The minimum absolute atomic E-state index is 0.160. The first-order valence-electron chi connectivity index (χ1n) is 9.40. The standard InChI is InChI=1S/C22H25N3O2/c1-14-6-5-7-18(10-14)20-11-23-22(25-12-15(2)27-16(3)13-25)24-21(20)19-8-9-26-17(19)4/h5-11,15-16H,12-13H2,1-4H3/t15-,16+. The number of nitrogens with zero attached hydrogens (tertiary/aromatic N) is 3. The molecule has 140 valence electrons. The molecule has 0 spiro atoms. The highest BCUT2D eigenvalue weighted by atomic mass is 16.5. The van der Waals surface area contributed by atoms with Crippen LogP contribution < -0.4 is 4.90 Å². The first-order valence-corrected chi connectivity index (χ1v) is 9.40. The largest absolute Gasteiger partial charge is 0.469 e. The Bertz CT molecular complexity index is 940. The lowest BCUT2D eigenvalue weighted by molar-refractivity contribution is -0.00571. The van der Waals surface area contributed by atoms with Gasteiger partial charge in [-0.05, 0) is 39.3 Å². The third-order valence-electron chi connectivity index (χ3n) is 4.92. The molecule has 0 amide bonds. The number of aromatic nitrogens is 2. The molecular formula is C22H25N3O2. The Balaban J connectivity index is 1.82. The predicted molar refractivity (Wildman–Crippen MR) is 107 cm³/mol. The molecule has 1 aliphatic heterocycles. The van der Waals surface area contributed by atoms with E-state index in [0.717, 1.165) is 47.2 Å². The van der Waals surface area contributed by atoms with Crippen molar-refractivity contribution in [2.45, 2.75) is 39.9 Å². The molecule has 3 aromatic rings. The fourth-order valence-corrected chi connectivity index (χ4v) is 3.73. The summed E-state index contributed by atoms with van der Waals surface area (Å²) in [5.41, 5.74) is 5.25. The van der Waals surface area contributed by atoms with E-state index in [2.05, 4.69) is 49.9 Å². The van der Waals surface area contributed by atoms with Crippen molar-refractivity contribution >= 4 is 5.95 Å². The molecule has 0 bridgehead atoms. The van der Waals surface area contributed by atoms with Crippen molar-refractivity contribution in [2.75, 3.05) is 18.0 Å². The zero-order chi connectivity index (χ0) is 19.0. The van der Waals surface area contributed by atoms with Gasteiger partial charge in [0.25, 0.3) is 0 Å². The second kappa shape index (κ2) is 7.16. The molecule has 0 unspecified atom stereocenters. The Morgan fingerprint density at radius 2 is 1.81 bits per heavy atom. The van der Waals surface area contributed by atoms with Gasteiger partial charge in [0.2, 0.25) is 5.95 Å². The molecule has 27 heavy (non-hydrogen) atoms. The number of benzene rings is 1. The molecular weight excluding hydrogens is 338 g/mol. The molecule has 4 rings (SSSR count). The molecule has 0 saturated carbocycles. The van der Waals surface area contributed by atoms with E-state index in [1.54, 1.807) is 6.26 Å². The number of ether oxygens (including phenoxy) is 1. The van der Waals surface area contributed by atoms with Crippen LogP contribution in [-0.4, -0.2) is 35.3 Å². The third-order valence-corrected chi connectivity index (χ3v) is 4.92. The highest BCUT2D eigenvalue weighted by Gasteiger charge is 2.25. The molecule has 1 saturated heterocycles. The maximum Gasteiger partial charge on any atom is 0.226 e. The molecule has 0 N–H and O–H groups in total. The van der Waals surface area contributed by atoms with Crippen molar-refractivity contribution in [3.63, 3.8) is 0 Å². The van der Waals surface area contributed by atoms with E-state index < -0.39 is 0 Å². The summed E-state index contributed by atoms with van der Waals surface area (Å²) < 4.78 is 11.4. The normalized spacial score (nSPS) is 20.1. The van der Waals surface area contributed by atoms with Crippen molar-refractivity contribution in [2.24, 2.45) is 0 Å². The first kappa shape index (κ1) is 17.7. The molecule has 2 atom stereocenters. The molecule has 0 radical (unpaired) electrons. The van der Waals surface area contributed by atoms with Crippen LogP contribution in [0.4, 0.5) is 5.95 Å². The third kappa shape index (κ3) is 3.60. The number of rotatable bonds is 3. The van der Waals surface area contributed by atoms with E-state index >= 15 is 0 Å². The SMILES string of the molecule is Cc1cccc(-c2cnc(N3C[C@@H](C)O[C@@H](C)C3)nc2-c2ccoc2C)c1. The van der Waals surface area contributed by atoms with Gasteiger partial charge >= 0.3 is 0 Å². The van der Waals surface area contributed by atoms with Crippen LogP contribution >= 0.6 is 0 Å². The topological polar surface area (TPSA) is 51.4 Å². The lowest BCUT2D eigenvalue weighted by Gasteiger charge is -2.35. The van der Waals surface area contributed by atoms with Gasteiger partial charge in [0.15, 0.2) is 0 Å². The van der Waals surface area contributed by atoms with Crippen LogP contribution in [0.5, 0.6) is 0 Å². The van der Waals surface area contributed by atoms with Gasteiger partial charge in [-0.1, -0.05) is 29.8 Å². The van der Waals surface area contributed by atoms with Gasteiger partial charge in [-0.2, -0.15) is 0 Å². The fourth-order valence-electron chi connectivity index (χ4n) is 3.73. The molecule has 2 aromatic heterocycles. The number of morpholine rings is 1. The zero-order valence-electron chi connectivity index (χ0n) is 16.3. The quantitative estimate of drug-likeness (QED) is 0.679. The predicted octanol–water partition coefficient (Wildman–Crippen LogP) is 4.63. The summed E-state index contributed by atoms with van der Waals surface area (Å²) in [6, 6.07) is 10.4. The van der Waals surface area contributed by atoms with E-state index in [-0.39, 0.29) is 12.2 Å². The Labute approximate surface area is 160 Å². The summed E-state index contributed by atoms with van der Waals surface area (Å²) in [7, 11) is 0. The van der Waals surface area contributed by atoms with Crippen LogP contribution in [0.15, 0.2) is 47.2 Å². The highest BCUT2D eigenvalue weighted by Crippen LogP contribution is 2.34. The van der Waals surface area contributed by atoms with Crippen molar-refractivity contribution < 1.29 is 9.15 Å². The van der Waals surface area contributed by atoms with E-state index in [9.17, 15) is 0 Å². The van der Waals surface area contributed by atoms with Gasteiger partial charge in [0.1, 0.15) is 5.76 Å². The van der Waals surface area contributed by atoms with Gasteiger partial charge in [0, 0.05) is 30.4 Å². The van der Waals surface area contributed by atoms with E-state index in [0.29, 0.717) is 0 Å². The lowest BCUT2D eigenvalue weighted by Crippen LogP contribution is -2.46. The van der Waals surface area contributed by atoms with E-state index in [1.165, 1.54) is 5.56 Å².